The first-order valence-corrected chi connectivity index (χ1v) is 17.9. The summed E-state index contributed by atoms with van der Waals surface area (Å²) in [5.41, 5.74) is 0. The van der Waals surface area contributed by atoms with Crippen LogP contribution >= 0.6 is 23.2 Å². The lowest BCUT2D eigenvalue weighted by molar-refractivity contribution is -0.144. The van der Waals surface area contributed by atoms with Gasteiger partial charge in [0.15, 0.2) is 0 Å². The van der Waals surface area contributed by atoms with Crippen molar-refractivity contribution in [1.29, 1.82) is 0 Å². The molecule has 8 atom stereocenters. The van der Waals surface area contributed by atoms with Crippen molar-refractivity contribution in [2.24, 2.45) is 29.6 Å². The van der Waals surface area contributed by atoms with Gasteiger partial charge in [-0.15, -0.1) is 36.4 Å². The molecular formula is C34H49Cl2N5O5. The number of fused-ring (bicyclic) bond motifs is 2. The Morgan fingerprint density at radius 3 is 2.24 bits per heavy atom. The molecule has 0 aromatic carbocycles. The van der Waals surface area contributed by atoms with Crippen LogP contribution in [0, 0.1) is 29.6 Å². The zero-order chi connectivity index (χ0) is 33.0. The minimum absolute atomic E-state index is 0.0621. The zero-order valence-electron chi connectivity index (χ0n) is 26.6. The van der Waals surface area contributed by atoms with E-state index in [-0.39, 0.29) is 49.3 Å². The number of urea groups is 1. The van der Waals surface area contributed by atoms with E-state index in [2.05, 4.69) is 34.4 Å². The first kappa shape index (κ1) is 34.7. The molecule has 1 aliphatic heterocycles. The average Bonchev–Trinajstić information content (AvgIpc) is 3.34. The SMILES string of the molecule is C=CCCNC(=O)C(=O)C(CCC=C)NC(=O)[C@@H]1[C@@H]2C(CN1C(=O)[C@@H](NC(=O)NC1CCC3CCC3C1)C1CCCCC1)C2(Cl)Cl. The van der Waals surface area contributed by atoms with Crippen LogP contribution in [0.4, 0.5) is 4.79 Å². The Morgan fingerprint density at radius 2 is 1.59 bits per heavy atom. The number of allylic oxidation sites excluding steroid dienone is 1. The number of nitrogens with one attached hydrogen (secondary N) is 4. The number of likely N-dealkylation sites (tertiary alicyclic amines) is 1. The Hall–Kier alpha value is -2.59. The van der Waals surface area contributed by atoms with E-state index in [1.165, 1.54) is 17.7 Å². The minimum atomic E-state index is -1.19. The molecule has 5 aliphatic rings. The lowest BCUT2D eigenvalue weighted by atomic mass is 9.64. The predicted octanol–water partition coefficient (Wildman–Crippen LogP) is 4.16. The first-order valence-electron chi connectivity index (χ1n) is 17.2. The second-order valence-electron chi connectivity index (χ2n) is 14.0. The summed E-state index contributed by atoms with van der Waals surface area (Å²) >= 11 is 13.2. The van der Waals surface area contributed by atoms with Crippen LogP contribution in [-0.2, 0) is 19.2 Å². The lowest BCUT2D eigenvalue weighted by Gasteiger charge is -2.44. The number of nitrogens with zero attached hydrogens (tertiary/aromatic N) is 1. The van der Waals surface area contributed by atoms with Crippen molar-refractivity contribution in [3.05, 3.63) is 25.3 Å². The van der Waals surface area contributed by atoms with Crippen molar-refractivity contribution in [3.8, 4) is 0 Å². The number of hydrogen-bond acceptors (Lipinski definition) is 5. The highest BCUT2D eigenvalue weighted by Crippen LogP contribution is 2.65. The molecule has 0 aromatic rings. The largest absolute Gasteiger partial charge is 0.349 e. The van der Waals surface area contributed by atoms with Gasteiger partial charge in [0.05, 0.1) is 6.04 Å². The zero-order valence-corrected chi connectivity index (χ0v) is 28.1. The molecule has 12 heteroatoms. The van der Waals surface area contributed by atoms with E-state index in [9.17, 15) is 24.0 Å². The molecule has 4 saturated carbocycles. The summed E-state index contributed by atoms with van der Waals surface area (Å²) in [7, 11) is 0. The van der Waals surface area contributed by atoms with Gasteiger partial charge >= 0.3 is 6.03 Å². The van der Waals surface area contributed by atoms with Gasteiger partial charge in [-0.2, -0.15) is 0 Å². The van der Waals surface area contributed by atoms with Gasteiger partial charge < -0.3 is 26.2 Å². The number of ketones is 1. The fraction of sp³-hybridized carbons (Fsp3) is 0.735. The van der Waals surface area contributed by atoms with E-state index < -0.39 is 46.0 Å². The molecule has 1 heterocycles. The number of halogens is 2. The summed E-state index contributed by atoms with van der Waals surface area (Å²) in [6.07, 6.45) is 14.4. The molecule has 46 heavy (non-hydrogen) atoms. The number of carbonyl (C=O) groups excluding carboxylic acids is 5. The van der Waals surface area contributed by atoms with E-state index in [4.69, 9.17) is 23.2 Å². The van der Waals surface area contributed by atoms with Crippen molar-refractivity contribution in [3.63, 3.8) is 0 Å². The summed E-state index contributed by atoms with van der Waals surface area (Å²) < 4.78 is -1.19. The average molecular weight is 679 g/mol. The second-order valence-corrected chi connectivity index (χ2v) is 15.4. The van der Waals surface area contributed by atoms with Gasteiger partial charge in [0.25, 0.3) is 5.91 Å². The molecule has 5 amide bonds. The van der Waals surface area contributed by atoms with Crippen LogP contribution in [-0.4, -0.2) is 76.0 Å². The van der Waals surface area contributed by atoms with Gasteiger partial charge in [-0.05, 0) is 82.0 Å². The maximum Gasteiger partial charge on any atom is 0.315 e. The number of amides is 5. The number of Topliss-reactive ketones (excluding diaryl/α,β-unsaturated/α-hetero) is 1. The highest BCUT2D eigenvalue weighted by Gasteiger charge is 2.74. The molecule has 4 N–H and O–H groups in total. The van der Waals surface area contributed by atoms with Crippen molar-refractivity contribution >= 4 is 52.7 Å². The van der Waals surface area contributed by atoms with Crippen LogP contribution in [0.5, 0.6) is 0 Å². The van der Waals surface area contributed by atoms with Crippen molar-refractivity contribution in [2.75, 3.05) is 13.1 Å². The third kappa shape index (κ3) is 7.59. The van der Waals surface area contributed by atoms with Gasteiger partial charge in [-0.25, -0.2) is 4.79 Å². The molecule has 4 aliphatic carbocycles. The second kappa shape index (κ2) is 15.1. The van der Waals surface area contributed by atoms with Crippen LogP contribution in [0.3, 0.4) is 0 Å². The molecule has 5 rings (SSSR count). The molecule has 0 spiro atoms. The number of rotatable bonds is 14. The van der Waals surface area contributed by atoms with Crippen molar-refractivity contribution in [1.82, 2.24) is 26.2 Å². The summed E-state index contributed by atoms with van der Waals surface area (Å²) in [4.78, 5) is 68.9. The summed E-state index contributed by atoms with van der Waals surface area (Å²) in [5.74, 6) is -1.95. The highest BCUT2D eigenvalue weighted by atomic mass is 35.5. The molecule has 5 fully saturated rings. The van der Waals surface area contributed by atoms with Gasteiger partial charge in [0.2, 0.25) is 17.6 Å². The Labute approximate surface area is 282 Å². The lowest BCUT2D eigenvalue weighted by Crippen LogP contribution is -2.61. The van der Waals surface area contributed by atoms with Gasteiger partial charge in [0, 0.05) is 31.0 Å². The predicted molar refractivity (Wildman–Crippen MR) is 177 cm³/mol. The van der Waals surface area contributed by atoms with Crippen molar-refractivity contribution < 1.29 is 24.0 Å². The first-order chi connectivity index (χ1) is 22.1. The topological polar surface area (TPSA) is 137 Å². The van der Waals surface area contributed by atoms with Crippen LogP contribution < -0.4 is 21.3 Å². The molecule has 5 unspecified atom stereocenters. The number of piperidine rings is 1. The van der Waals surface area contributed by atoms with Gasteiger partial charge in [-0.1, -0.05) is 31.4 Å². The highest BCUT2D eigenvalue weighted by molar-refractivity contribution is 6.51. The molecule has 0 bridgehead atoms. The monoisotopic (exact) mass is 677 g/mol. The maximum absolute atomic E-state index is 14.4. The third-order valence-electron chi connectivity index (χ3n) is 11.1. The Morgan fingerprint density at radius 1 is 0.891 bits per heavy atom. The standard InChI is InChI=1S/C34H49Cl2N5O5/c1-3-5-12-25(29(42)31(44)37-17-6-4-2)39-30(43)28-26-24(34(26,35)36)19-41(28)32(45)27(21-10-8-7-9-11-21)40-33(46)38-23-16-15-20-13-14-22(20)18-23/h3-4,20-28H,1-2,5-19H2,(H,37,44)(H,39,43)(H2,38,40,46)/t20?,22?,23?,24?,25?,26-,27-,28-/m0/s1. The molecule has 0 aromatic heterocycles. The summed E-state index contributed by atoms with van der Waals surface area (Å²) in [6.45, 7) is 7.72. The van der Waals surface area contributed by atoms with E-state index >= 15 is 0 Å². The number of carbonyl (C=O) groups is 5. The fourth-order valence-electron chi connectivity index (χ4n) is 8.23. The molecule has 254 valence electrons. The Bertz CT molecular complexity index is 1210. The summed E-state index contributed by atoms with van der Waals surface area (Å²) in [5, 5.41) is 11.5. The fourth-order valence-corrected chi connectivity index (χ4v) is 9.06. The van der Waals surface area contributed by atoms with Gasteiger partial charge in [0.1, 0.15) is 16.4 Å². The molecule has 1 saturated heterocycles. The molecular weight excluding hydrogens is 629 g/mol. The molecule has 10 nitrogen and oxygen atoms in total. The van der Waals surface area contributed by atoms with Crippen LogP contribution in [0.2, 0.25) is 0 Å². The minimum Gasteiger partial charge on any atom is -0.349 e. The van der Waals surface area contributed by atoms with E-state index in [1.807, 2.05) is 0 Å². The van der Waals surface area contributed by atoms with Gasteiger partial charge in [-0.3, -0.25) is 19.2 Å². The smallest absolute Gasteiger partial charge is 0.315 e. The number of hydrogen-bond donors (Lipinski definition) is 4. The normalized spacial score (nSPS) is 30.7. The quantitative estimate of drug-likeness (QED) is 0.0948. The van der Waals surface area contributed by atoms with Crippen LogP contribution in [0.1, 0.15) is 83.5 Å². The van der Waals surface area contributed by atoms with Crippen LogP contribution in [0.25, 0.3) is 0 Å². The maximum atomic E-state index is 14.4. The van der Waals surface area contributed by atoms with E-state index in [0.717, 1.165) is 57.3 Å². The number of alkyl halides is 2. The van der Waals surface area contributed by atoms with Crippen LogP contribution in [0.15, 0.2) is 25.3 Å². The van der Waals surface area contributed by atoms with Crippen molar-refractivity contribution in [2.45, 2.75) is 112 Å². The molecule has 0 radical (unpaired) electrons. The van der Waals surface area contributed by atoms with E-state index in [0.29, 0.717) is 18.8 Å². The Kier molecular flexibility index (Phi) is 11.4. The summed E-state index contributed by atoms with van der Waals surface area (Å²) in [6, 6.07) is -3.22. The van der Waals surface area contributed by atoms with E-state index in [1.54, 1.807) is 12.2 Å². The third-order valence-corrected chi connectivity index (χ3v) is 12.2. The Balaban J connectivity index is 1.30.